The summed E-state index contributed by atoms with van der Waals surface area (Å²) in [6, 6.07) is 19.6. The van der Waals surface area contributed by atoms with Crippen LogP contribution >= 0.6 is 0 Å². The average molecular weight is 336 g/mol. The minimum Gasteiger partial charge on any atom is -0.492 e. The summed E-state index contributed by atoms with van der Waals surface area (Å²) >= 11 is 0. The Morgan fingerprint density at radius 3 is 2.52 bits per heavy atom. The summed E-state index contributed by atoms with van der Waals surface area (Å²) in [7, 11) is 2.29. The summed E-state index contributed by atoms with van der Waals surface area (Å²) in [4.78, 5) is 5.16. The lowest BCUT2D eigenvalue weighted by atomic mass is 9.88. The van der Waals surface area contributed by atoms with Crippen LogP contribution < -0.4 is 4.74 Å². The van der Waals surface area contributed by atoms with Crippen molar-refractivity contribution in [3.05, 3.63) is 65.7 Å². The monoisotopic (exact) mass is 336 g/mol. The molecule has 2 aliphatic rings. The second-order valence-corrected chi connectivity index (χ2v) is 7.59. The first-order valence-corrected chi connectivity index (χ1v) is 9.38. The van der Waals surface area contributed by atoms with Gasteiger partial charge in [0, 0.05) is 32.2 Å². The highest BCUT2D eigenvalue weighted by molar-refractivity contribution is 5.31. The van der Waals surface area contributed by atoms with Gasteiger partial charge in [0.1, 0.15) is 12.4 Å². The predicted octanol–water partition coefficient (Wildman–Crippen LogP) is 3.61. The Morgan fingerprint density at radius 2 is 1.72 bits per heavy atom. The van der Waals surface area contributed by atoms with Crippen LogP contribution in [0.2, 0.25) is 0 Å². The number of hydrogen-bond donors (Lipinski definition) is 0. The van der Waals surface area contributed by atoms with Gasteiger partial charge in [0.25, 0.3) is 0 Å². The topological polar surface area (TPSA) is 15.7 Å². The molecule has 4 rings (SSSR count). The molecule has 0 bridgehead atoms. The van der Waals surface area contributed by atoms with E-state index in [1.165, 1.54) is 30.8 Å². The van der Waals surface area contributed by atoms with Crippen molar-refractivity contribution in [2.75, 3.05) is 39.8 Å². The van der Waals surface area contributed by atoms with Gasteiger partial charge in [-0.3, -0.25) is 9.80 Å². The van der Waals surface area contributed by atoms with Crippen molar-refractivity contribution in [1.82, 2.24) is 9.80 Å². The van der Waals surface area contributed by atoms with Crippen molar-refractivity contribution in [3.8, 4) is 5.75 Å². The molecule has 0 aromatic heterocycles. The van der Waals surface area contributed by atoms with Gasteiger partial charge in [-0.15, -0.1) is 0 Å². The van der Waals surface area contributed by atoms with Crippen LogP contribution in [0.15, 0.2) is 54.6 Å². The quantitative estimate of drug-likeness (QED) is 0.829. The minimum atomic E-state index is 0.561. The van der Waals surface area contributed by atoms with Crippen molar-refractivity contribution in [1.29, 1.82) is 0 Å². The van der Waals surface area contributed by atoms with E-state index < -0.39 is 0 Å². The zero-order valence-electron chi connectivity index (χ0n) is 15.3. The van der Waals surface area contributed by atoms with Crippen molar-refractivity contribution >= 4 is 0 Å². The van der Waals surface area contributed by atoms with Gasteiger partial charge in [0.05, 0.1) is 0 Å². The van der Waals surface area contributed by atoms with Crippen LogP contribution in [0.3, 0.4) is 0 Å². The van der Waals surface area contributed by atoms with E-state index >= 15 is 0 Å². The van der Waals surface area contributed by atoms with E-state index in [0.29, 0.717) is 6.04 Å². The van der Waals surface area contributed by atoms with Gasteiger partial charge in [0.2, 0.25) is 0 Å². The number of ether oxygens (including phenoxy) is 1. The molecule has 3 nitrogen and oxygen atoms in total. The van der Waals surface area contributed by atoms with Gasteiger partial charge in [-0.1, -0.05) is 42.5 Å². The molecule has 0 N–H and O–H groups in total. The Kier molecular flexibility index (Phi) is 4.78. The van der Waals surface area contributed by atoms with E-state index in [-0.39, 0.29) is 0 Å². The Hall–Kier alpha value is -1.84. The van der Waals surface area contributed by atoms with Crippen LogP contribution in [0.5, 0.6) is 5.75 Å². The van der Waals surface area contributed by atoms with Gasteiger partial charge in [-0.2, -0.15) is 0 Å². The molecule has 2 aliphatic heterocycles. The third-order valence-corrected chi connectivity index (χ3v) is 5.90. The number of benzene rings is 2. The van der Waals surface area contributed by atoms with E-state index in [2.05, 4.69) is 48.0 Å². The second kappa shape index (κ2) is 7.19. The van der Waals surface area contributed by atoms with Crippen LogP contribution in [-0.2, 0) is 0 Å². The fourth-order valence-corrected chi connectivity index (χ4v) is 4.73. The molecule has 3 heteroatoms. The van der Waals surface area contributed by atoms with Gasteiger partial charge in [-0.05, 0) is 49.1 Å². The first-order valence-electron chi connectivity index (χ1n) is 9.38. The van der Waals surface area contributed by atoms with E-state index in [1.807, 2.05) is 30.3 Å². The molecular formula is C22H28N2O. The number of nitrogens with zero attached hydrogens (tertiary/aromatic N) is 2. The molecule has 2 heterocycles. The zero-order valence-corrected chi connectivity index (χ0v) is 15.3. The summed E-state index contributed by atoms with van der Waals surface area (Å²) < 4.78 is 5.89. The van der Waals surface area contributed by atoms with Crippen molar-refractivity contribution in [3.63, 3.8) is 0 Å². The highest BCUT2D eigenvalue weighted by Crippen LogP contribution is 2.44. The summed E-state index contributed by atoms with van der Waals surface area (Å²) in [5, 5.41) is 0. The summed E-state index contributed by atoms with van der Waals surface area (Å²) in [5.74, 6) is 2.49. The van der Waals surface area contributed by atoms with Gasteiger partial charge in [-0.25, -0.2) is 0 Å². The zero-order chi connectivity index (χ0) is 17.2. The highest BCUT2D eigenvalue weighted by atomic mass is 16.5. The van der Waals surface area contributed by atoms with Gasteiger partial charge in [0.15, 0.2) is 0 Å². The lowest BCUT2D eigenvalue weighted by Gasteiger charge is -2.28. The molecule has 0 amide bonds. The third-order valence-electron chi connectivity index (χ3n) is 5.90. The molecule has 0 unspecified atom stereocenters. The first kappa shape index (κ1) is 16.6. The van der Waals surface area contributed by atoms with E-state index in [4.69, 9.17) is 4.74 Å². The maximum Gasteiger partial charge on any atom is 0.119 e. The van der Waals surface area contributed by atoms with Crippen molar-refractivity contribution in [2.24, 2.45) is 11.8 Å². The Morgan fingerprint density at radius 1 is 0.960 bits per heavy atom. The molecule has 25 heavy (non-hydrogen) atoms. The Labute approximate surface area is 151 Å². The van der Waals surface area contributed by atoms with E-state index in [0.717, 1.165) is 30.7 Å². The third kappa shape index (κ3) is 3.44. The fraction of sp³-hybridized carbons (Fsp3) is 0.455. The number of hydrogen-bond acceptors (Lipinski definition) is 3. The Bertz CT molecular complexity index is 702. The van der Waals surface area contributed by atoms with Crippen LogP contribution in [0.1, 0.15) is 17.2 Å². The van der Waals surface area contributed by atoms with Crippen molar-refractivity contribution < 1.29 is 4.74 Å². The maximum atomic E-state index is 5.89. The number of rotatable bonds is 5. The average Bonchev–Trinajstić information content (AvgIpc) is 3.13. The lowest BCUT2D eigenvalue weighted by molar-refractivity contribution is 0.198. The summed E-state index contributed by atoms with van der Waals surface area (Å²) in [6.45, 7) is 7.64. The van der Waals surface area contributed by atoms with Crippen LogP contribution in [-0.4, -0.2) is 49.6 Å². The number of para-hydroxylation sites is 1. The number of aryl methyl sites for hydroxylation is 1. The Balaban J connectivity index is 1.37. The van der Waals surface area contributed by atoms with Crippen LogP contribution in [0.25, 0.3) is 0 Å². The van der Waals surface area contributed by atoms with E-state index in [1.54, 1.807) is 0 Å². The molecular weight excluding hydrogens is 308 g/mol. The SMILES string of the molecule is Cc1ccccc1[C@@H]1[C@@H]2CN(CCOc3ccccc3)C[C@@H]2CN1C. The molecule has 0 radical (unpaired) electrons. The predicted molar refractivity (Wildman–Crippen MR) is 102 cm³/mol. The molecule has 3 atom stereocenters. The first-order chi connectivity index (χ1) is 12.2. The molecule has 2 fully saturated rings. The fourth-order valence-electron chi connectivity index (χ4n) is 4.73. The normalized spacial score (nSPS) is 26.7. The van der Waals surface area contributed by atoms with Gasteiger partial charge < -0.3 is 4.74 Å². The molecule has 132 valence electrons. The minimum absolute atomic E-state index is 0.561. The molecule has 0 saturated carbocycles. The summed E-state index contributed by atoms with van der Waals surface area (Å²) in [6.07, 6.45) is 0. The molecule has 0 spiro atoms. The second-order valence-electron chi connectivity index (χ2n) is 7.59. The highest BCUT2D eigenvalue weighted by Gasteiger charge is 2.46. The molecule has 2 saturated heterocycles. The molecule has 2 aromatic rings. The molecule has 2 aromatic carbocycles. The standard InChI is InChI=1S/C22H28N2O/c1-17-8-6-7-11-20(17)22-21-16-24(15-18(21)14-23(22)2)12-13-25-19-9-4-3-5-10-19/h3-11,18,21-22H,12-16H2,1-2H3/t18-,21+,22+/m0/s1. The summed E-state index contributed by atoms with van der Waals surface area (Å²) in [5.41, 5.74) is 2.94. The number of likely N-dealkylation sites (tertiary alicyclic amines) is 2. The van der Waals surface area contributed by atoms with Crippen molar-refractivity contribution in [2.45, 2.75) is 13.0 Å². The van der Waals surface area contributed by atoms with Crippen LogP contribution in [0.4, 0.5) is 0 Å². The lowest BCUT2D eigenvalue weighted by Crippen LogP contribution is -2.31. The molecule has 0 aliphatic carbocycles. The largest absolute Gasteiger partial charge is 0.492 e. The smallest absolute Gasteiger partial charge is 0.119 e. The van der Waals surface area contributed by atoms with Gasteiger partial charge >= 0.3 is 0 Å². The van der Waals surface area contributed by atoms with Crippen LogP contribution in [0, 0.1) is 18.8 Å². The maximum absolute atomic E-state index is 5.89. The van der Waals surface area contributed by atoms with E-state index in [9.17, 15) is 0 Å². The number of fused-ring (bicyclic) bond motifs is 1.